The first-order chi connectivity index (χ1) is 17.5. The van der Waals surface area contributed by atoms with E-state index in [1.54, 1.807) is 54.6 Å². The van der Waals surface area contributed by atoms with Crippen LogP contribution in [0.3, 0.4) is 0 Å². The molecule has 36 heavy (non-hydrogen) atoms. The van der Waals surface area contributed by atoms with Crippen molar-refractivity contribution in [2.24, 2.45) is 5.10 Å². The highest BCUT2D eigenvalue weighted by atomic mass is 79.9. The minimum Gasteiger partial charge on any atom is -0.457 e. The van der Waals surface area contributed by atoms with Gasteiger partial charge in [-0.05, 0) is 60.0 Å². The maximum Gasteiger partial charge on any atom is 0.379 e. The Morgan fingerprint density at radius 2 is 1.92 bits per heavy atom. The zero-order valence-electron chi connectivity index (χ0n) is 18.6. The van der Waals surface area contributed by atoms with Crippen molar-refractivity contribution in [3.63, 3.8) is 0 Å². The molecule has 0 aliphatic rings. The molecule has 0 saturated carbocycles. The Hall–Kier alpha value is -3.99. The maximum atomic E-state index is 12.7. The van der Waals surface area contributed by atoms with Crippen molar-refractivity contribution in [3.05, 3.63) is 116 Å². The van der Waals surface area contributed by atoms with Crippen LogP contribution in [0.5, 0.6) is 5.75 Å². The number of amides is 1. The van der Waals surface area contributed by atoms with Gasteiger partial charge in [0.15, 0.2) is 6.23 Å². The summed E-state index contributed by atoms with van der Waals surface area (Å²) in [4.78, 5) is 25.8. The smallest absolute Gasteiger partial charge is 0.379 e. The Balaban J connectivity index is 1.49. The lowest BCUT2D eigenvalue weighted by Crippen LogP contribution is -2.36. The molecule has 2 aromatic heterocycles. The summed E-state index contributed by atoms with van der Waals surface area (Å²) in [5.74, 6) is -0.727. The van der Waals surface area contributed by atoms with Crippen LogP contribution >= 0.6 is 27.3 Å². The van der Waals surface area contributed by atoms with Crippen LogP contribution in [0.2, 0.25) is 0 Å². The molecule has 4 rings (SSSR count). The molecule has 1 atom stereocenters. The van der Waals surface area contributed by atoms with Crippen LogP contribution in [0, 0.1) is 0 Å². The van der Waals surface area contributed by atoms with E-state index in [0.29, 0.717) is 11.1 Å². The average molecular weight is 566 g/mol. The zero-order valence-corrected chi connectivity index (χ0v) is 21.0. The minimum atomic E-state index is -1.34. The summed E-state index contributed by atoms with van der Waals surface area (Å²) in [6.07, 6.45) is 3.09. The molecular formula is C26H20BrN3O5S. The van der Waals surface area contributed by atoms with E-state index in [1.165, 1.54) is 29.9 Å². The monoisotopic (exact) mass is 565 g/mol. The molecule has 1 amide bonds. The normalized spacial score (nSPS) is 12.3. The van der Waals surface area contributed by atoms with Gasteiger partial charge in [0.05, 0.1) is 18.2 Å². The number of furan rings is 1. The van der Waals surface area contributed by atoms with Gasteiger partial charge >= 0.3 is 5.97 Å². The number of nitrogens with one attached hydrogen (secondary N) is 2. The first kappa shape index (κ1) is 25.1. The number of rotatable bonds is 9. The molecule has 3 N–H and O–H groups in total. The van der Waals surface area contributed by atoms with Crippen molar-refractivity contribution < 1.29 is 23.8 Å². The summed E-state index contributed by atoms with van der Waals surface area (Å²) in [6, 6.07) is 20.5. The van der Waals surface area contributed by atoms with Gasteiger partial charge in [-0.15, -0.1) is 11.3 Å². The number of aliphatic hydroxyl groups is 1. The fourth-order valence-corrected chi connectivity index (χ4v) is 4.05. The Morgan fingerprint density at radius 1 is 1.08 bits per heavy atom. The molecule has 0 bridgehead atoms. The van der Waals surface area contributed by atoms with Gasteiger partial charge in [-0.3, -0.25) is 10.2 Å². The van der Waals surface area contributed by atoms with Crippen LogP contribution in [0.15, 0.2) is 104 Å². The van der Waals surface area contributed by atoms with Crippen molar-refractivity contribution in [2.45, 2.75) is 6.23 Å². The number of nitrogens with zero attached hydrogens (tertiary/aromatic N) is 1. The van der Waals surface area contributed by atoms with Crippen LogP contribution in [0.4, 0.5) is 0 Å². The van der Waals surface area contributed by atoms with E-state index in [1.807, 2.05) is 23.6 Å². The molecule has 2 aromatic carbocycles. The van der Waals surface area contributed by atoms with Crippen LogP contribution in [-0.4, -0.2) is 29.4 Å². The number of hydrogen-bond donors (Lipinski definition) is 3. The molecule has 4 aromatic rings. The van der Waals surface area contributed by atoms with Gasteiger partial charge in [0, 0.05) is 20.5 Å². The quantitative estimate of drug-likeness (QED) is 0.0861. The Morgan fingerprint density at radius 3 is 2.64 bits per heavy atom. The predicted octanol–water partition coefficient (Wildman–Crippen LogP) is 5.04. The number of benzene rings is 2. The summed E-state index contributed by atoms with van der Waals surface area (Å²) in [7, 11) is 0. The second-order valence-electron chi connectivity index (χ2n) is 7.27. The highest BCUT2D eigenvalue weighted by Gasteiger charge is 2.16. The topological polar surface area (TPSA) is 113 Å². The van der Waals surface area contributed by atoms with E-state index in [9.17, 15) is 14.7 Å². The fourth-order valence-electron chi connectivity index (χ4n) is 3.01. The van der Waals surface area contributed by atoms with E-state index >= 15 is 0 Å². The standard InChI is InChI=1S/C26H20BrN3O5S/c27-19-10-11-22(35-26(33)23-9-4-12-34-23)18(14-19)16-28-30-25(32)21(15-20-8-5-13-36-20)29-24(31)17-6-2-1-3-7-17/h1-16,25,30,32H,(H,29,31)/b21-15+,28-16+. The van der Waals surface area contributed by atoms with E-state index in [-0.39, 0.29) is 23.1 Å². The SMILES string of the molecule is O=C(N/C(=C/c1cccs1)C(O)N/N=C/c1cc(Br)ccc1OC(=O)c1ccco1)c1ccccc1. The summed E-state index contributed by atoms with van der Waals surface area (Å²) in [5, 5.41) is 19.5. The van der Waals surface area contributed by atoms with Gasteiger partial charge in [0.25, 0.3) is 5.91 Å². The highest BCUT2D eigenvalue weighted by Crippen LogP contribution is 2.23. The van der Waals surface area contributed by atoms with Gasteiger partial charge in [-0.1, -0.05) is 40.2 Å². The van der Waals surface area contributed by atoms with Gasteiger partial charge in [-0.2, -0.15) is 5.10 Å². The maximum absolute atomic E-state index is 12.7. The number of esters is 1. The van der Waals surface area contributed by atoms with Crippen LogP contribution < -0.4 is 15.5 Å². The molecule has 10 heteroatoms. The number of ether oxygens (including phenoxy) is 1. The zero-order chi connectivity index (χ0) is 25.3. The van der Waals surface area contributed by atoms with E-state index in [4.69, 9.17) is 9.15 Å². The summed E-state index contributed by atoms with van der Waals surface area (Å²) < 4.78 is 11.2. The highest BCUT2D eigenvalue weighted by molar-refractivity contribution is 9.10. The van der Waals surface area contributed by atoms with Crippen LogP contribution in [0.25, 0.3) is 6.08 Å². The molecule has 8 nitrogen and oxygen atoms in total. The van der Waals surface area contributed by atoms with Crippen LogP contribution in [-0.2, 0) is 0 Å². The number of hydrazone groups is 1. The molecule has 0 spiro atoms. The summed E-state index contributed by atoms with van der Waals surface area (Å²) in [6.45, 7) is 0. The number of thiophene rings is 1. The van der Waals surface area contributed by atoms with E-state index in [0.717, 1.165) is 9.35 Å². The number of hydrogen-bond acceptors (Lipinski definition) is 8. The summed E-state index contributed by atoms with van der Waals surface area (Å²) in [5.41, 5.74) is 3.72. The fraction of sp³-hybridized carbons (Fsp3) is 0.0385. The molecule has 182 valence electrons. The number of carbonyl (C=O) groups is 2. The Kier molecular flexibility index (Phi) is 8.45. The lowest BCUT2D eigenvalue weighted by Gasteiger charge is -2.16. The Bertz CT molecular complexity index is 1370. The van der Waals surface area contributed by atoms with Gasteiger partial charge in [-0.25, -0.2) is 4.79 Å². The van der Waals surface area contributed by atoms with E-state index in [2.05, 4.69) is 31.8 Å². The lowest BCUT2D eigenvalue weighted by atomic mass is 10.2. The predicted molar refractivity (Wildman–Crippen MR) is 141 cm³/mol. The molecule has 1 unspecified atom stereocenters. The lowest BCUT2D eigenvalue weighted by molar-refractivity contribution is 0.0701. The second kappa shape index (κ2) is 12.1. The Labute approximate surface area is 219 Å². The number of carbonyl (C=O) groups excluding carboxylic acids is 2. The van der Waals surface area contributed by atoms with Crippen molar-refractivity contribution in [3.8, 4) is 5.75 Å². The third-order valence-electron chi connectivity index (χ3n) is 4.73. The first-order valence-electron chi connectivity index (χ1n) is 10.6. The van der Waals surface area contributed by atoms with Crippen molar-refractivity contribution in [2.75, 3.05) is 0 Å². The minimum absolute atomic E-state index is 0.0619. The molecule has 0 saturated heterocycles. The molecular weight excluding hydrogens is 546 g/mol. The molecule has 0 radical (unpaired) electrons. The molecule has 2 heterocycles. The van der Waals surface area contributed by atoms with Gasteiger partial charge in [0.2, 0.25) is 5.76 Å². The molecule has 0 aliphatic carbocycles. The molecule has 0 fully saturated rings. The number of halogens is 1. The van der Waals surface area contributed by atoms with Crippen LogP contribution in [0.1, 0.15) is 31.4 Å². The van der Waals surface area contributed by atoms with Crippen molar-refractivity contribution in [1.29, 1.82) is 0 Å². The average Bonchev–Trinajstić information content (AvgIpc) is 3.60. The number of aliphatic hydroxyl groups excluding tert-OH is 1. The molecule has 0 aliphatic heterocycles. The van der Waals surface area contributed by atoms with Gasteiger partial charge in [0.1, 0.15) is 5.75 Å². The second-order valence-corrected chi connectivity index (χ2v) is 9.17. The third kappa shape index (κ3) is 6.79. The van der Waals surface area contributed by atoms with Crippen molar-refractivity contribution >= 4 is 51.4 Å². The van der Waals surface area contributed by atoms with Gasteiger partial charge < -0.3 is 19.6 Å². The van der Waals surface area contributed by atoms with Crippen molar-refractivity contribution in [1.82, 2.24) is 10.7 Å². The van der Waals surface area contributed by atoms with E-state index < -0.39 is 12.2 Å². The summed E-state index contributed by atoms with van der Waals surface area (Å²) >= 11 is 4.84. The largest absolute Gasteiger partial charge is 0.457 e. The third-order valence-corrected chi connectivity index (χ3v) is 6.04. The first-order valence-corrected chi connectivity index (χ1v) is 12.3.